The normalized spacial score (nSPS) is 10.9. The zero-order valence-corrected chi connectivity index (χ0v) is 13.0. The Morgan fingerprint density at radius 2 is 2.20 bits per heavy atom. The Hall–Kier alpha value is -1.57. The molecule has 0 amide bonds. The van der Waals surface area contributed by atoms with Gasteiger partial charge in [-0.25, -0.2) is 4.98 Å². The number of halogens is 1. The van der Waals surface area contributed by atoms with Crippen molar-refractivity contribution in [2.24, 2.45) is 5.73 Å². The number of aromatic nitrogens is 3. The quantitative estimate of drug-likeness (QED) is 0.783. The molecule has 2 aromatic heterocycles. The molecule has 0 saturated carbocycles. The molecule has 3 rings (SSSR count). The van der Waals surface area contributed by atoms with Crippen molar-refractivity contribution in [3.05, 3.63) is 39.4 Å². The van der Waals surface area contributed by atoms with Crippen LogP contribution >= 0.6 is 27.3 Å². The number of aryl methyl sites for hydroxylation is 1. The molecule has 2 heterocycles. The topological polar surface area (TPSA) is 77.8 Å². The van der Waals surface area contributed by atoms with Gasteiger partial charge in [-0.05, 0) is 19.1 Å². The van der Waals surface area contributed by atoms with Crippen molar-refractivity contribution in [1.82, 2.24) is 15.1 Å². The SMILES string of the molecule is Cc1nc(CN)sc1-c1nc(-c2cccc(Br)c2)no1. The van der Waals surface area contributed by atoms with E-state index in [1.165, 1.54) is 11.3 Å². The second kappa shape index (κ2) is 5.43. The van der Waals surface area contributed by atoms with Gasteiger partial charge in [-0.15, -0.1) is 11.3 Å². The highest BCUT2D eigenvalue weighted by molar-refractivity contribution is 9.10. The monoisotopic (exact) mass is 350 g/mol. The molecule has 20 heavy (non-hydrogen) atoms. The second-order valence-corrected chi connectivity index (χ2v) is 6.16. The number of nitrogens with two attached hydrogens (primary N) is 1. The predicted molar refractivity (Wildman–Crippen MR) is 81.2 cm³/mol. The van der Waals surface area contributed by atoms with E-state index >= 15 is 0 Å². The van der Waals surface area contributed by atoms with Crippen LogP contribution in [0.5, 0.6) is 0 Å². The second-order valence-electron chi connectivity index (χ2n) is 4.16. The van der Waals surface area contributed by atoms with Crippen molar-refractivity contribution in [3.63, 3.8) is 0 Å². The highest BCUT2D eigenvalue weighted by Crippen LogP contribution is 2.30. The van der Waals surface area contributed by atoms with E-state index < -0.39 is 0 Å². The molecular formula is C13H11BrN4OS. The molecule has 0 saturated heterocycles. The molecule has 0 aliphatic heterocycles. The van der Waals surface area contributed by atoms with Crippen molar-refractivity contribution in [2.75, 3.05) is 0 Å². The smallest absolute Gasteiger partial charge is 0.270 e. The Balaban J connectivity index is 1.99. The Kier molecular flexibility index (Phi) is 3.64. The molecule has 3 aromatic rings. The predicted octanol–water partition coefficient (Wildman–Crippen LogP) is 3.39. The van der Waals surface area contributed by atoms with Crippen molar-refractivity contribution in [2.45, 2.75) is 13.5 Å². The third kappa shape index (κ3) is 2.52. The summed E-state index contributed by atoms with van der Waals surface area (Å²) < 4.78 is 6.31. The maximum absolute atomic E-state index is 5.60. The van der Waals surface area contributed by atoms with Gasteiger partial charge in [0.25, 0.3) is 5.89 Å². The zero-order valence-electron chi connectivity index (χ0n) is 10.6. The highest BCUT2D eigenvalue weighted by atomic mass is 79.9. The van der Waals surface area contributed by atoms with E-state index in [1.54, 1.807) is 0 Å². The van der Waals surface area contributed by atoms with E-state index in [2.05, 4.69) is 31.1 Å². The largest absolute Gasteiger partial charge is 0.333 e. The zero-order chi connectivity index (χ0) is 14.1. The molecule has 0 aliphatic rings. The van der Waals surface area contributed by atoms with E-state index in [0.717, 1.165) is 25.6 Å². The fourth-order valence-corrected chi connectivity index (χ4v) is 3.06. The summed E-state index contributed by atoms with van der Waals surface area (Å²) >= 11 is 4.91. The van der Waals surface area contributed by atoms with Crippen LogP contribution in [0.15, 0.2) is 33.3 Å². The average molecular weight is 351 g/mol. The van der Waals surface area contributed by atoms with Gasteiger partial charge in [0.2, 0.25) is 5.82 Å². The number of rotatable bonds is 3. The third-order valence-corrected chi connectivity index (χ3v) is 4.38. The lowest BCUT2D eigenvalue weighted by Crippen LogP contribution is -1.94. The Labute approximate surface area is 128 Å². The summed E-state index contributed by atoms with van der Waals surface area (Å²) in [6, 6.07) is 7.76. The molecular weight excluding hydrogens is 340 g/mol. The van der Waals surface area contributed by atoms with Crippen LogP contribution in [0.3, 0.4) is 0 Å². The van der Waals surface area contributed by atoms with Crippen molar-refractivity contribution in [1.29, 1.82) is 0 Å². The van der Waals surface area contributed by atoms with E-state index in [0.29, 0.717) is 18.3 Å². The van der Waals surface area contributed by atoms with Crippen LogP contribution in [0.2, 0.25) is 0 Å². The highest BCUT2D eigenvalue weighted by Gasteiger charge is 2.16. The summed E-state index contributed by atoms with van der Waals surface area (Å²) in [5.74, 6) is 1.04. The fraction of sp³-hybridized carbons (Fsp3) is 0.154. The molecule has 102 valence electrons. The van der Waals surface area contributed by atoms with Gasteiger partial charge in [0.1, 0.15) is 9.88 Å². The third-order valence-electron chi connectivity index (χ3n) is 2.72. The molecule has 5 nitrogen and oxygen atoms in total. The minimum Gasteiger partial charge on any atom is -0.333 e. The minimum absolute atomic E-state index is 0.415. The van der Waals surface area contributed by atoms with Gasteiger partial charge < -0.3 is 10.3 Å². The Bertz CT molecular complexity index is 752. The van der Waals surface area contributed by atoms with Crippen molar-refractivity contribution < 1.29 is 4.52 Å². The summed E-state index contributed by atoms with van der Waals surface area (Å²) in [6.07, 6.45) is 0. The molecule has 0 unspecified atom stereocenters. The summed E-state index contributed by atoms with van der Waals surface area (Å²) in [5.41, 5.74) is 7.36. The molecule has 0 fully saturated rings. The van der Waals surface area contributed by atoms with Crippen LogP contribution in [0.1, 0.15) is 10.7 Å². The maximum Gasteiger partial charge on any atom is 0.270 e. The average Bonchev–Trinajstić information content (AvgIpc) is 3.05. The van der Waals surface area contributed by atoms with E-state index in [-0.39, 0.29) is 0 Å². The lowest BCUT2D eigenvalue weighted by atomic mass is 10.2. The number of benzene rings is 1. The van der Waals surface area contributed by atoms with Gasteiger partial charge >= 0.3 is 0 Å². The first-order valence-corrected chi connectivity index (χ1v) is 7.54. The molecule has 2 N–H and O–H groups in total. The van der Waals surface area contributed by atoms with Gasteiger partial charge in [0.05, 0.1) is 5.69 Å². The van der Waals surface area contributed by atoms with E-state index in [1.807, 2.05) is 31.2 Å². The van der Waals surface area contributed by atoms with Crippen LogP contribution in [-0.2, 0) is 6.54 Å². The molecule has 0 spiro atoms. The van der Waals surface area contributed by atoms with Crippen LogP contribution in [-0.4, -0.2) is 15.1 Å². The fourth-order valence-electron chi connectivity index (χ4n) is 1.80. The van der Waals surface area contributed by atoms with Crippen molar-refractivity contribution in [3.8, 4) is 22.2 Å². The molecule has 0 aliphatic carbocycles. The van der Waals surface area contributed by atoms with Crippen LogP contribution < -0.4 is 5.73 Å². The maximum atomic E-state index is 5.60. The lowest BCUT2D eigenvalue weighted by molar-refractivity contribution is 0.433. The Morgan fingerprint density at radius 1 is 1.35 bits per heavy atom. The summed E-state index contributed by atoms with van der Waals surface area (Å²) in [4.78, 5) is 9.67. The van der Waals surface area contributed by atoms with Crippen molar-refractivity contribution >= 4 is 27.3 Å². The van der Waals surface area contributed by atoms with Gasteiger partial charge in [0, 0.05) is 16.6 Å². The first-order chi connectivity index (χ1) is 9.67. The first kappa shape index (κ1) is 13.4. The summed E-state index contributed by atoms with van der Waals surface area (Å²) in [7, 11) is 0. The van der Waals surface area contributed by atoms with Gasteiger partial charge in [-0.2, -0.15) is 4.98 Å². The van der Waals surface area contributed by atoms with Gasteiger partial charge in [-0.1, -0.05) is 33.2 Å². The Morgan fingerprint density at radius 3 is 2.90 bits per heavy atom. The standard InChI is InChI=1S/C13H11BrN4OS/c1-7-11(20-10(6-15)16-7)13-17-12(18-19-13)8-3-2-4-9(14)5-8/h2-5H,6,15H2,1H3. The minimum atomic E-state index is 0.415. The first-order valence-electron chi connectivity index (χ1n) is 5.94. The molecule has 0 radical (unpaired) electrons. The number of hydrogen-bond donors (Lipinski definition) is 1. The summed E-state index contributed by atoms with van der Waals surface area (Å²) in [5, 5.41) is 4.88. The van der Waals surface area contributed by atoms with Gasteiger partial charge in [0.15, 0.2) is 0 Å². The molecule has 0 bridgehead atoms. The molecule has 7 heteroatoms. The lowest BCUT2D eigenvalue weighted by Gasteiger charge is -1.94. The van der Waals surface area contributed by atoms with Crippen LogP contribution in [0, 0.1) is 6.92 Å². The number of thiazole rings is 1. The van der Waals surface area contributed by atoms with Crippen LogP contribution in [0.25, 0.3) is 22.2 Å². The molecule has 1 aromatic carbocycles. The van der Waals surface area contributed by atoms with E-state index in [4.69, 9.17) is 10.3 Å². The molecule has 0 atom stereocenters. The van der Waals surface area contributed by atoms with E-state index in [9.17, 15) is 0 Å². The summed E-state index contributed by atoms with van der Waals surface area (Å²) in [6.45, 7) is 2.33. The number of nitrogens with zero attached hydrogens (tertiary/aromatic N) is 3. The number of hydrogen-bond acceptors (Lipinski definition) is 6. The van der Waals surface area contributed by atoms with Crippen LogP contribution in [0.4, 0.5) is 0 Å². The van der Waals surface area contributed by atoms with Gasteiger partial charge in [-0.3, -0.25) is 0 Å².